The van der Waals surface area contributed by atoms with Gasteiger partial charge in [-0.1, -0.05) is 19.3 Å². The van der Waals surface area contributed by atoms with Crippen LogP contribution in [0, 0.1) is 17.1 Å². The standard InChI is InChI=1S/C27H26FN5O3/c28-20-14-17(34)6-7-18(20)26-19(15-29)23(21-8-9-22(36-21)33-10-12-35-13-11-33)24-25(31-32-27(24)30-26)16-4-2-1-3-5-16/h6-9,14,16,34H,1-5,10-13H2,(H,30,31,32). The summed E-state index contributed by atoms with van der Waals surface area (Å²) in [6.07, 6.45) is 5.55. The van der Waals surface area contributed by atoms with E-state index in [2.05, 4.69) is 26.2 Å². The highest BCUT2D eigenvalue weighted by molar-refractivity contribution is 6.00. The van der Waals surface area contributed by atoms with Crippen molar-refractivity contribution in [1.29, 1.82) is 5.26 Å². The molecule has 9 heteroatoms. The molecule has 0 spiro atoms. The van der Waals surface area contributed by atoms with Crippen LogP contribution in [0.5, 0.6) is 5.75 Å². The maximum atomic E-state index is 15.0. The van der Waals surface area contributed by atoms with Gasteiger partial charge in [0.15, 0.2) is 11.5 Å². The Labute approximate surface area is 207 Å². The average Bonchev–Trinajstić information content (AvgIpc) is 3.56. The van der Waals surface area contributed by atoms with Crippen molar-refractivity contribution in [2.24, 2.45) is 0 Å². The third kappa shape index (κ3) is 3.88. The SMILES string of the molecule is N#Cc1c(-c2ccc(O)cc2F)nc2n[nH]c(C3CCCCC3)c2c1-c1ccc(N2CCOCC2)o1. The highest BCUT2D eigenvalue weighted by Crippen LogP contribution is 2.44. The number of phenols is 1. The van der Waals surface area contributed by atoms with Gasteiger partial charge in [0.1, 0.15) is 23.4 Å². The Kier molecular flexibility index (Phi) is 5.82. The second-order valence-electron chi connectivity index (χ2n) is 9.39. The molecule has 6 rings (SSSR count). The van der Waals surface area contributed by atoms with E-state index in [0.29, 0.717) is 49.2 Å². The van der Waals surface area contributed by atoms with Crippen molar-refractivity contribution in [1.82, 2.24) is 15.2 Å². The molecule has 0 atom stereocenters. The first kappa shape index (κ1) is 22.6. The molecule has 184 valence electrons. The molecule has 1 aliphatic heterocycles. The molecule has 2 aliphatic rings. The first-order chi connectivity index (χ1) is 17.6. The number of hydrogen-bond donors (Lipinski definition) is 2. The third-order valence-corrected chi connectivity index (χ3v) is 7.22. The number of benzene rings is 1. The fraction of sp³-hybridized carbons (Fsp3) is 0.370. The van der Waals surface area contributed by atoms with Crippen molar-refractivity contribution < 1.29 is 18.7 Å². The summed E-state index contributed by atoms with van der Waals surface area (Å²) in [5.74, 6) is 0.625. The molecular weight excluding hydrogens is 461 g/mol. The van der Waals surface area contributed by atoms with Crippen LogP contribution in [0.2, 0.25) is 0 Å². The smallest absolute Gasteiger partial charge is 0.196 e. The number of morpholine rings is 1. The molecule has 1 aliphatic carbocycles. The van der Waals surface area contributed by atoms with E-state index in [0.717, 1.165) is 42.8 Å². The zero-order valence-electron chi connectivity index (χ0n) is 19.8. The van der Waals surface area contributed by atoms with Gasteiger partial charge in [-0.25, -0.2) is 9.37 Å². The van der Waals surface area contributed by atoms with Crippen molar-refractivity contribution in [3.63, 3.8) is 0 Å². The monoisotopic (exact) mass is 487 g/mol. The van der Waals surface area contributed by atoms with Crippen LogP contribution in [-0.4, -0.2) is 46.6 Å². The van der Waals surface area contributed by atoms with Crippen LogP contribution in [0.1, 0.15) is 49.3 Å². The molecule has 1 aromatic carbocycles. The largest absolute Gasteiger partial charge is 0.508 e. The molecule has 3 aromatic heterocycles. The van der Waals surface area contributed by atoms with Gasteiger partial charge in [-0.3, -0.25) is 5.10 Å². The van der Waals surface area contributed by atoms with Crippen LogP contribution >= 0.6 is 0 Å². The van der Waals surface area contributed by atoms with Gasteiger partial charge in [0.2, 0.25) is 0 Å². The normalized spacial score (nSPS) is 16.9. The highest BCUT2D eigenvalue weighted by atomic mass is 19.1. The minimum Gasteiger partial charge on any atom is -0.508 e. The summed E-state index contributed by atoms with van der Waals surface area (Å²) in [7, 11) is 0. The van der Waals surface area contributed by atoms with E-state index in [-0.39, 0.29) is 28.5 Å². The van der Waals surface area contributed by atoms with E-state index >= 15 is 0 Å². The molecule has 4 aromatic rings. The van der Waals surface area contributed by atoms with Crippen LogP contribution in [0.15, 0.2) is 34.7 Å². The number of hydrogen-bond acceptors (Lipinski definition) is 7. The van der Waals surface area contributed by atoms with Gasteiger partial charge in [-0.15, -0.1) is 0 Å². The van der Waals surface area contributed by atoms with Gasteiger partial charge in [0, 0.05) is 42.4 Å². The Bertz CT molecular complexity index is 1460. The zero-order valence-corrected chi connectivity index (χ0v) is 19.8. The predicted octanol–water partition coefficient (Wildman–Crippen LogP) is 5.49. The van der Waals surface area contributed by atoms with Crippen molar-refractivity contribution in [3.8, 4) is 34.4 Å². The number of aromatic amines is 1. The van der Waals surface area contributed by atoms with Crippen LogP contribution in [0.3, 0.4) is 0 Å². The molecular formula is C27H26FN5O3. The van der Waals surface area contributed by atoms with Crippen LogP contribution < -0.4 is 4.90 Å². The van der Waals surface area contributed by atoms with Gasteiger partial charge in [-0.05, 0) is 31.0 Å². The second kappa shape index (κ2) is 9.28. The highest BCUT2D eigenvalue weighted by Gasteiger charge is 2.29. The Morgan fingerprint density at radius 2 is 1.92 bits per heavy atom. The van der Waals surface area contributed by atoms with Gasteiger partial charge >= 0.3 is 0 Å². The zero-order chi connectivity index (χ0) is 24.6. The maximum Gasteiger partial charge on any atom is 0.196 e. The summed E-state index contributed by atoms with van der Waals surface area (Å²) in [4.78, 5) is 6.76. The summed E-state index contributed by atoms with van der Waals surface area (Å²) < 4.78 is 26.7. The van der Waals surface area contributed by atoms with Crippen molar-refractivity contribution in [3.05, 3.63) is 47.4 Å². The summed E-state index contributed by atoms with van der Waals surface area (Å²) >= 11 is 0. The molecule has 0 unspecified atom stereocenters. The number of pyridine rings is 1. The summed E-state index contributed by atoms with van der Waals surface area (Å²) in [6, 6.07) is 9.86. The number of anilines is 1. The number of nitrogens with one attached hydrogen (secondary N) is 1. The van der Waals surface area contributed by atoms with Crippen LogP contribution in [-0.2, 0) is 4.74 Å². The van der Waals surface area contributed by atoms with E-state index < -0.39 is 5.82 Å². The number of furan rings is 1. The molecule has 1 saturated heterocycles. The summed E-state index contributed by atoms with van der Waals surface area (Å²) in [5, 5.41) is 28.5. The number of nitriles is 1. The fourth-order valence-corrected chi connectivity index (χ4v) is 5.43. The Balaban J connectivity index is 1.59. The average molecular weight is 488 g/mol. The molecule has 36 heavy (non-hydrogen) atoms. The molecule has 1 saturated carbocycles. The van der Waals surface area contributed by atoms with Gasteiger partial charge in [-0.2, -0.15) is 10.4 Å². The predicted molar refractivity (Wildman–Crippen MR) is 132 cm³/mol. The van der Waals surface area contributed by atoms with E-state index in [1.165, 1.54) is 18.6 Å². The molecule has 2 fully saturated rings. The molecule has 2 N–H and O–H groups in total. The van der Waals surface area contributed by atoms with Crippen molar-refractivity contribution >= 4 is 16.9 Å². The van der Waals surface area contributed by atoms with Gasteiger partial charge in [0.25, 0.3) is 0 Å². The summed E-state index contributed by atoms with van der Waals surface area (Å²) in [5.41, 5.74) is 2.44. The second-order valence-corrected chi connectivity index (χ2v) is 9.39. The molecule has 8 nitrogen and oxygen atoms in total. The van der Waals surface area contributed by atoms with E-state index in [1.807, 2.05) is 12.1 Å². The van der Waals surface area contributed by atoms with E-state index in [4.69, 9.17) is 9.15 Å². The Morgan fingerprint density at radius 1 is 1.11 bits per heavy atom. The first-order valence-corrected chi connectivity index (χ1v) is 12.4. The lowest BCUT2D eigenvalue weighted by Gasteiger charge is -2.26. The Hall–Kier alpha value is -3.90. The van der Waals surface area contributed by atoms with Crippen molar-refractivity contribution in [2.45, 2.75) is 38.0 Å². The lowest BCUT2D eigenvalue weighted by atomic mass is 9.84. The molecule has 4 heterocycles. The summed E-state index contributed by atoms with van der Waals surface area (Å²) in [6.45, 7) is 2.67. The molecule has 0 amide bonds. The third-order valence-electron chi connectivity index (χ3n) is 7.22. The number of aromatic nitrogens is 3. The fourth-order valence-electron chi connectivity index (χ4n) is 5.43. The van der Waals surface area contributed by atoms with Gasteiger partial charge < -0.3 is 19.2 Å². The minimum atomic E-state index is -0.666. The van der Waals surface area contributed by atoms with E-state index in [9.17, 15) is 14.8 Å². The quantitative estimate of drug-likeness (QED) is 0.392. The minimum absolute atomic E-state index is 0.120. The topological polar surface area (TPSA) is 111 Å². The van der Waals surface area contributed by atoms with E-state index in [1.54, 1.807) is 0 Å². The van der Waals surface area contributed by atoms with Crippen LogP contribution in [0.4, 0.5) is 10.3 Å². The molecule has 0 radical (unpaired) electrons. The van der Waals surface area contributed by atoms with Gasteiger partial charge in [0.05, 0.1) is 35.4 Å². The Morgan fingerprint density at radius 3 is 2.67 bits per heavy atom. The number of nitrogens with zero attached hydrogens (tertiary/aromatic N) is 4. The van der Waals surface area contributed by atoms with Crippen LogP contribution in [0.25, 0.3) is 33.6 Å². The number of ether oxygens (including phenoxy) is 1. The first-order valence-electron chi connectivity index (χ1n) is 12.4. The lowest BCUT2D eigenvalue weighted by Crippen LogP contribution is -2.35. The maximum absolute atomic E-state index is 15.0. The number of halogens is 1. The number of fused-ring (bicyclic) bond motifs is 1. The molecule has 0 bridgehead atoms. The number of rotatable bonds is 4. The number of H-pyrrole nitrogens is 1. The number of phenolic OH excluding ortho intramolecular Hbond substituents is 1. The lowest BCUT2D eigenvalue weighted by molar-refractivity contribution is 0.121. The van der Waals surface area contributed by atoms with Crippen molar-refractivity contribution in [2.75, 3.05) is 31.2 Å². The number of aromatic hydroxyl groups is 1.